The molecule has 2 aliphatic rings. The summed E-state index contributed by atoms with van der Waals surface area (Å²) < 4.78 is 5.28. The number of carbonyl (C=O) groups excluding carboxylic acids is 2. The number of methoxy groups -OCH3 is 1. The van der Waals surface area contributed by atoms with Crippen LogP contribution in [0.1, 0.15) is 35.6 Å². The molecule has 2 amide bonds. The number of rotatable bonds is 6. The van der Waals surface area contributed by atoms with Crippen LogP contribution in [-0.2, 0) is 9.59 Å². The van der Waals surface area contributed by atoms with Crippen molar-refractivity contribution in [1.29, 1.82) is 0 Å². The molecular weight excluding hydrogens is 508 g/mol. The number of thioether (sulfide) groups is 1. The molecule has 188 valence electrons. The molecule has 5 rings (SSSR count). The van der Waals surface area contributed by atoms with Crippen LogP contribution in [0.15, 0.2) is 82.9 Å². The van der Waals surface area contributed by atoms with Crippen molar-refractivity contribution in [3.63, 3.8) is 0 Å². The summed E-state index contributed by atoms with van der Waals surface area (Å²) in [6.07, 6.45) is 0.633. The van der Waals surface area contributed by atoms with Crippen LogP contribution in [-0.4, -0.2) is 40.1 Å². The Balaban J connectivity index is 1.35. The number of hydrazone groups is 1. The van der Waals surface area contributed by atoms with Crippen LogP contribution < -0.4 is 10.1 Å². The molecule has 0 radical (unpaired) electrons. The molecule has 0 aromatic heterocycles. The molecule has 2 aliphatic heterocycles. The van der Waals surface area contributed by atoms with E-state index in [1.807, 2.05) is 79.7 Å². The number of amidine groups is 1. The van der Waals surface area contributed by atoms with E-state index in [4.69, 9.17) is 21.4 Å². The van der Waals surface area contributed by atoms with Gasteiger partial charge in [-0.25, -0.2) is 5.01 Å². The van der Waals surface area contributed by atoms with E-state index in [2.05, 4.69) is 10.3 Å². The van der Waals surface area contributed by atoms with Gasteiger partial charge in [0.05, 0.1) is 18.9 Å². The third kappa shape index (κ3) is 5.70. The number of nitrogens with one attached hydrogen (secondary N) is 1. The lowest BCUT2D eigenvalue weighted by molar-refractivity contribution is -0.121. The van der Waals surface area contributed by atoms with Gasteiger partial charge >= 0.3 is 0 Å². The molecule has 1 N–H and O–H groups in total. The van der Waals surface area contributed by atoms with Crippen molar-refractivity contribution in [2.75, 3.05) is 12.4 Å². The lowest BCUT2D eigenvalue weighted by atomic mass is 9.98. The Hall–Kier alpha value is -3.62. The summed E-state index contributed by atoms with van der Waals surface area (Å²) in [6, 6.07) is 22.7. The van der Waals surface area contributed by atoms with E-state index >= 15 is 0 Å². The van der Waals surface area contributed by atoms with Gasteiger partial charge in [0.25, 0.3) is 5.91 Å². The number of aliphatic imine (C=N–C) groups is 1. The third-order valence-electron chi connectivity index (χ3n) is 6.20. The minimum absolute atomic E-state index is 0.0229. The summed E-state index contributed by atoms with van der Waals surface area (Å²) in [5.74, 6) is 0.192. The van der Waals surface area contributed by atoms with Gasteiger partial charge in [0.1, 0.15) is 11.0 Å². The molecule has 37 heavy (non-hydrogen) atoms. The molecule has 0 unspecified atom stereocenters. The highest BCUT2D eigenvalue weighted by atomic mass is 35.5. The molecule has 0 spiro atoms. The summed E-state index contributed by atoms with van der Waals surface area (Å²) in [5, 5.41) is 10.0. The van der Waals surface area contributed by atoms with E-state index in [1.165, 1.54) is 11.8 Å². The molecule has 0 saturated heterocycles. The Kier molecular flexibility index (Phi) is 7.30. The molecule has 2 atom stereocenters. The van der Waals surface area contributed by atoms with Crippen molar-refractivity contribution in [1.82, 2.24) is 5.01 Å². The molecule has 0 fully saturated rings. The van der Waals surface area contributed by atoms with Crippen LogP contribution >= 0.6 is 23.4 Å². The van der Waals surface area contributed by atoms with Crippen LogP contribution in [0.5, 0.6) is 5.75 Å². The minimum Gasteiger partial charge on any atom is -0.497 e. The van der Waals surface area contributed by atoms with Crippen LogP contribution in [0.2, 0.25) is 5.02 Å². The smallest absolute Gasteiger partial charge is 0.262 e. The molecule has 0 bridgehead atoms. The van der Waals surface area contributed by atoms with Crippen LogP contribution in [0.3, 0.4) is 0 Å². The highest BCUT2D eigenvalue weighted by Crippen LogP contribution is 2.39. The fourth-order valence-electron chi connectivity index (χ4n) is 4.24. The number of aryl methyl sites for hydroxylation is 1. The maximum Gasteiger partial charge on any atom is 0.262 e. The van der Waals surface area contributed by atoms with E-state index in [0.717, 1.165) is 28.2 Å². The van der Waals surface area contributed by atoms with E-state index < -0.39 is 5.25 Å². The van der Waals surface area contributed by atoms with Crippen molar-refractivity contribution in [3.8, 4) is 5.75 Å². The summed E-state index contributed by atoms with van der Waals surface area (Å²) in [7, 11) is 1.63. The largest absolute Gasteiger partial charge is 0.497 e. The number of hydrogen-bond acceptors (Lipinski definition) is 6. The number of anilines is 1. The van der Waals surface area contributed by atoms with Gasteiger partial charge in [0, 0.05) is 23.6 Å². The maximum absolute atomic E-state index is 12.8. The molecule has 2 heterocycles. The Labute approximate surface area is 224 Å². The number of halogens is 1. The lowest BCUT2D eigenvalue weighted by Crippen LogP contribution is -2.25. The fourth-order valence-corrected chi connectivity index (χ4v) is 5.50. The van der Waals surface area contributed by atoms with Gasteiger partial charge in [-0.3, -0.25) is 9.59 Å². The summed E-state index contributed by atoms with van der Waals surface area (Å²) in [5.41, 5.74) is 4.59. The normalized spacial score (nSPS) is 19.0. The van der Waals surface area contributed by atoms with E-state index in [0.29, 0.717) is 22.3 Å². The second-order valence-electron chi connectivity index (χ2n) is 8.85. The van der Waals surface area contributed by atoms with Gasteiger partial charge in [0.2, 0.25) is 5.91 Å². The van der Waals surface area contributed by atoms with Crippen molar-refractivity contribution in [2.45, 2.75) is 31.1 Å². The lowest BCUT2D eigenvalue weighted by Gasteiger charge is -2.23. The first-order chi connectivity index (χ1) is 17.9. The Morgan fingerprint density at radius 3 is 2.59 bits per heavy atom. The second-order valence-corrected chi connectivity index (χ2v) is 10.5. The van der Waals surface area contributed by atoms with Crippen molar-refractivity contribution in [2.24, 2.45) is 10.1 Å². The zero-order chi connectivity index (χ0) is 25.9. The highest BCUT2D eigenvalue weighted by Gasteiger charge is 2.39. The van der Waals surface area contributed by atoms with Gasteiger partial charge in [-0.1, -0.05) is 53.2 Å². The number of benzene rings is 3. The number of nitrogens with zero attached hydrogens (tertiary/aromatic N) is 3. The first-order valence-corrected chi connectivity index (χ1v) is 13.1. The first-order valence-electron chi connectivity index (χ1n) is 11.8. The number of ether oxygens (including phenoxy) is 1. The van der Waals surface area contributed by atoms with E-state index in [-0.39, 0.29) is 24.3 Å². The molecule has 0 aliphatic carbocycles. The standard InChI is InChI=1S/C28H25ClN4O3S/c1-17-6-10-21(11-7-17)30-26(34)16-25-27(35)31-28(37-25)33-24(19-4-3-5-20(29)14-19)15-23(32-33)18-8-12-22(36-2)13-9-18/h3-14,24-25H,15-16H2,1-2H3,(H,30,34)/t24-,25+/m0/s1. The van der Waals surface area contributed by atoms with Crippen LogP contribution in [0.4, 0.5) is 5.69 Å². The Morgan fingerprint density at radius 1 is 1.14 bits per heavy atom. The van der Waals surface area contributed by atoms with Gasteiger partial charge in [-0.15, -0.1) is 0 Å². The summed E-state index contributed by atoms with van der Waals surface area (Å²) in [6.45, 7) is 1.98. The summed E-state index contributed by atoms with van der Waals surface area (Å²) in [4.78, 5) is 29.7. The quantitative estimate of drug-likeness (QED) is 0.431. The average Bonchev–Trinajstić information content (AvgIpc) is 3.49. The number of hydrogen-bond donors (Lipinski definition) is 1. The third-order valence-corrected chi connectivity index (χ3v) is 7.58. The fraction of sp³-hybridized carbons (Fsp3) is 0.214. The van der Waals surface area contributed by atoms with Gasteiger partial charge in [-0.2, -0.15) is 10.1 Å². The topological polar surface area (TPSA) is 83.4 Å². The van der Waals surface area contributed by atoms with Crippen molar-refractivity contribution >= 4 is 51.7 Å². The average molecular weight is 533 g/mol. The predicted octanol–water partition coefficient (Wildman–Crippen LogP) is 5.83. The molecule has 0 saturated carbocycles. The minimum atomic E-state index is -0.610. The number of amides is 2. The first kappa shape index (κ1) is 25.0. The van der Waals surface area contributed by atoms with Gasteiger partial charge in [-0.05, 0) is 66.6 Å². The summed E-state index contributed by atoms with van der Waals surface area (Å²) >= 11 is 7.56. The van der Waals surface area contributed by atoms with Crippen molar-refractivity contribution < 1.29 is 14.3 Å². The number of carbonyl (C=O) groups is 2. The molecule has 3 aromatic carbocycles. The predicted molar refractivity (Wildman–Crippen MR) is 148 cm³/mol. The molecule has 9 heteroatoms. The van der Waals surface area contributed by atoms with Crippen LogP contribution in [0, 0.1) is 6.92 Å². The molecular formula is C28H25ClN4O3S. The SMILES string of the molecule is COc1ccc(C2=NN(C3=NC(=O)[C@@H](CC(=O)Nc4ccc(C)cc4)S3)[C@H](c3cccc(Cl)c3)C2)cc1. The van der Waals surface area contributed by atoms with Gasteiger partial charge < -0.3 is 10.1 Å². The second kappa shape index (κ2) is 10.8. The zero-order valence-corrected chi connectivity index (χ0v) is 21.9. The van der Waals surface area contributed by atoms with Gasteiger partial charge in [0.15, 0.2) is 5.17 Å². The molecule has 3 aromatic rings. The maximum atomic E-state index is 12.8. The Bertz CT molecular complexity index is 1390. The van der Waals surface area contributed by atoms with E-state index in [1.54, 1.807) is 12.1 Å². The van der Waals surface area contributed by atoms with Crippen LogP contribution in [0.25, 0.3) is 0 Å². The Morgan fingerprint density at radius 2 is 1.89 bits per heavy atom. The monoisotopic (exact) mass is 532 g/mol. The molecule has 7 nitrogen and oxygen atoms in total. The van der Waals surface area contributed by atoms with Crippen molar-refractivity contribution in [3.05, 3.63) is 94.5 Å². The zero-order valence-electron chi connectivity index (χ0n) is 20.3. The van der Waals surface area contributed by atoms with E-state index in [9.17, 15) is 9.59 Å². The highest BCUT2D eigenvalue weighted by molar-refractivity contribution is 8.15.